The summed E-state index contributed by atoms with van der Waals surface area (Å²) in [4.78, 5) is 49.2. The Bertz CT molecular complexity index is 1180. The summed E-state index contributed by atoms with van der Waals surface area (Å²) in [7, 11) is 0. The van der Waals surface area contributed by atoms with Crippen LogP contribution in [-0.2, 0) is 11.2 Å². The molecule has 3 heterocycles. The van der Waals surface area contributed by atoms with Gasteiger partial charge in [0.25, 0.3) is 11.5 Å². The number of benzene rings is 1. The fraction of sp³-hybridized carbons (Fsp3) is 0.308. The number of hydrogen-bond acceptors (Lipinski definition) is 4. The van der Waals surface area contributed by atoms with Crippen LogP contribution in [0.1, 0.15) is 29.3 Å². The van der Waals surface area contributed by atoms with Gasteiger partial charge in [-0.1, -0.05) is 37.3 Å². The average Bonchev–Trinajstić information content (AvgIpc) is 2.99. The van der Waals surface area contributed by atoms with Crippen LogP contribution in [0.25, 0.3) is 11.1 Å². The number of rotatable bonds is 6. The predicted molar refractivity (Wildman–Crippen MR) is 127 cm³/mol. The van der Waals surface area contributed by atoms with Crippen LogP contribution in [0, 0.1) is 5.92 Å². The first-order valence-electron chi connectivity index (χ1n) is 11.3. The van der Waals surface area contributed by atoms with Crippen LogP contribution >= 0.6 is 0 Å². The van der Waals surface area contributed by atoms with Crippen molar-refractivity contribution in [2.45, 2.75) is 19.8 Å². The van der Waals surface area contributed by atoms with Crippen LogP contribution in [0.4, 0.5) is 0 Å². The van der Waals surface area contributed by atoms with Gasteiger partial charge in [0, 0.05) is 50.3 Å². The SMILES string of the molecule is CCCN1CCN(C(=O)c2ccc[nH]c2=O)CC(Cc2ccccc2-c2cccnc2)C1=O. The number of aromatic amines is 1. The topological polar surface area (TPSA) is 86.4 Å². The van der Waals surface area contributed by atoms with Crippen LogP contribution < -0.4 is 5.56 Å². The number of hydrogen-bond donors (Lipinski definition) is 1. The summed E-state index contributed by atoms with van der Waals surface area (Å²) < 4.78 is 0. The Morgan fingerprint density at radius 3 is 2.70 bits per heavy atom. The predicted octanol–water partition coefficient (Wildman–Crippen LogP) is 2.99. The molecular weight excluding hydrogens is 416 g/mol. The molecular formula is C26H28N4O3. The van der Waals surface area contributed by atoms with E-state index in [1.165, 1.54) is 12.3 Å². The molecule has 4 rings (SSSR count). The van der Waals surface area contributed by atoms with Gasteiger partial charge in [0.15, 0.2) is 0 Å². The number of H-pyrrole nitrogens is 1. The van der Waals surface area contributed by atoms with Crippen molar-refractivity contribution in [1.29, 1.82) is 0 Å². The average molecular weight is 445 g/mol. The normalized spacial score (nSPS) is 16.5. The number of carbonyl (C=O) groups excluding carboxylic acids is 2. The second-order valence-corrected chi connectivity index (χ2v) is 8.29. The summed E-state index contributed by atoms with van der Waals surface area (Å²) in [6.45, 7) is 3.82. The molecule has 3 aromatic rings. The molecule has 0 bridgehead atoms. The van der Waals surface area contributed by atoms with E-state index in [0.717, 1.165) is 23.1 Å². The molecule has 0 saturated carbocycles. The van der Waals surface area contributed by atoms with Gasteiger partial charge in [-0.15, -0.1) is 0 Å². The van der Waals surface area contributed by atoms with Gasteiger partial charge in [-0.2, -0.15) is 0 Å². The standard InChI is InChI=1S/C26H28N4O3/c1-2-13-29-14-15-30(26(33)23-10-6-12-28-24(23)31)18-21(25(29)32)16-19-7-3-4-9-22(19)20-8-5-11-27-17-20/h3-12,17,21H,2,13-16,18H2,1H3,(H,28,31). The van der Waals surface area contributed by atoms with Crippen molar-refractivity contribution in [3.63, 3.8) is 0 Å². The fourth-order valence-electron chi connectivity index (χ4n) is 4.40. The zero-order valence-electron chi connectivity index (χ0n) is 18.7. The molecule has 0 radical (unpaired) electrons. The van der Waals surface area contributed by atoms with Crippen LogP contribution in [0.5, 0.6) is 0 Å². The maximum Gasteiger partial charge on any atom is 0.260 e. The monoisotopic (exact) mass is 444 g/mol. The molecule has 170 valence electrons. The molecule has 2 aromatic heterocycles. The lowest BCUT2D eigenvalue weighted by Crippen LogP contribution is -2.39. The number of amides is 2. The largest absolute Gasteiger partial charge is 0.341 e. The quantitative estimate of drug-likeness (QED) is 0.633. The molecule has 1 N–H and O–H groups in total. The lowest BCUT2D eigenvalue weighted by Gasteiger charge is -2.24. The molecule has 33 heavy (non-hydrogen) atoms. The summed E-state index contributed by atoms with van der Waals surface area (Å²) in [6.07, 6.45) is 6.40. The minimum absolute atomic E-state index is 0.0510. The second-order valence-electron chi connectivity index (χ2n) is 8.29. The van der Waals surface area contributed by atoms with Crippen molar-refractivity contribution >= 4 is 11.8 Å². The van der Waals surface area contributed by atoms with Gasteiger partial charge in [-0.3, -0.25) is 19.4 Å². The minimum Gasteiger partial charge on any atom is -0.341 e. The molecule has 1 aliphatic rings. The summed E-state index contributed by atoms with van der Waals surface area (Å²) in [5, 5.41) is 0. The molecule has 1 unspecified atom stereocenters. The number of carbonyl (C=O) groups is 2. The Kier molecular flexibility index (Phi) is 6.98. The summed E-state index contributed by atoms with van der Waals surface area (Å²) in [5.41, 5.74) is 2.74. The van der Waals surface area contributed by atoms with Crippen molar-refractivity contribution in [3.05, 3.63) is 88.6 Å². The lowest BCUT2D eigenvalue weighted by molar-refractivity contribution is -0.134. The highest BCUT2D eigenvalue weighted by Gasteiger charge is 2.33. The van der Waals surface area contributed by atoms with Crippen LogP contribution in [0.15, 0.2) is 71.9 Å². The van der Waals surface area contributed by atoms with E-state index in [1.54, 1.807) is 17.2 Å². The van der Waals surface area contributed by atoms with E-state index in [-0.39, 0.29) is 23.9 Å². The van der Waals surface area contributed by atoms with Crippen LogP contribution in [0.2, 0.25) is 0 Å². The molecule has 2 amide bonds. The van der Waals surface area contributed by atoms with E-state index in [2.05, 4.69) is 9.97 Å². The van der Waals surface area contributed by atoms with Crippen LogP contribution in [0.3, 0.4) is 0 Å². The van der Waals surface area contributed by atoms with E-state index in [1.807, 2.05) is 54.4 Å². The summed E-state index contributed by atoms with van der Waals surface area (Å²) in [5.74, 6) is -0.688. The molecule has 0 spiro atoms. The van der Waals surface area contributed by atoms with Gasteiger partial charge < -0.3 is 14.8 Å². The first-order chi connectivity index (χ1) is 16.1. The molecule has 1 aliphatic heterocycles. The Morgan fingerprint density at radius 1 is 1.09 bits per heavy atom. The summed E-state index contributed by atoms with van der Waals surface area (Å²) in [6, 6.07) is 15.1. The van der Waals surface area contributed by atoms with E-state index in [0.29, 0.717) is 26.1 Å². The highest BCUT2D eigenvalue weighted by atomic mass is 16.2. The fourth-order valence-corrected chi connectivity index (χ4v) is 4.40. The lowest BCUT2D eigenvalue weighted by atomic mass is 9.91. The van der Waals surface area contributed by atoms with Gasteiger partial charge >= 0.3 is 0 Å². The Balaban J connectivity index is 1.65. The van der Waals surface area contributed by atoms with E-state index < -0.39 is 11.5 Å². The Hall–Kier alpha value is -3.74. The molecule has 1 fully saturated rings. The molecule has 7 nitrogen and oxygen atoms in total. The highest BCUT2D eigenvalue weighted by Crippen LogP contribution is 2.27. The third-order valence-electron chi connectivity index (χ3n) is 6.03. The maximum absolute atomic E-state index is 13.5. The summed E-state index contributed by atoms with van der Waals surface area (Å²) >= 11 is 0. The van der Waals surface area contributed by atoms with E-state index in [4.69, 9.17) is 0 Å². The Morgan fingerprint density at radius 2 is 1.94 bits per heavy atom. The number of aromatic nitrogens is 2. The van der Waals surface area contributed by atoms with Crippen molar-refractivity contribution in [3.8, 4) is 11.1 Å². The molecule has 0 aliphatic carbocycles. The highest BCUT2D eigenvalue weighted by molar-refractivity contribution is 5.94. The molecule has 1 atom stereocenters. The van der Waals surface area contributed by atoms with Crippen molar-refractivity contribution < 1.29 is 9.59 Å². The van der Waals surface area contributed by atoms with Crippen molar-refractivity contribution in [2.24, 2.45) is 5.92 Å². The molecule has 1 saturated heterocycles. The number of pyridine rings is 2. The van der Waals surface area contributed by atoms with E-state index in [9.17, 15) is 14.4 Å². The Labute approximate surface area is 193 Å². The van der Waals surface area contributed by atoms with Gasteiger partial charge in [-0.25, -0.2) is 0 Å². The van der Waals surface area contributed by atoms with Gasteiger partial charge in [-0.05, 0) is 42.2 Å². The van der Waals surface area contributed by atoms with Gasteiger partial charge in [0.1, 0.15) is 5.56 Å². The van der Waals surface area contributed by atoms with Crippen molar-refractivity contribution in [1.82, 2.24) is 19.8 Å². The van der Waals surface area contributed by atoms with Gasteiger partial charge in [0.2, 0.25) is 5.91 Å². The first-order valence-corrected chi connectivity index (χ1v) is 11.3. The third-order valence-corrected chi connectivity index (χ3v) is 6.03. The molecule has 1 aromatic carbocycles. The number of nitrogens with zero attached hydrogens (tertiary/aromatic N) is 3. The van der Waals surface area contributed by atoms with E-state index >= 15 is 0 Å². The van der Waals surface area contributed by atoms with Gasteiger partial charge in [0.05, 0.1) is 5.92 Å². The number of nitrogens with one attached hydrogen (secondary N) is 1. The maximum atomic E-state index is 13.5. The third kappa shape index (κ3) is 5.03. The smallest absolute Gasteiger partial charge is 0.260 e. The zero-order valence-corrected chi connectivity index (χ0v) is 18.7. The molecule has 7 heteroatoms. The minimum atomic E-state index is -0.415. The van der Waals surface area contributed by atoms with Crippen molar-refractivity contribution in [2.75, 3.05) is 26.2 Å². The first kappa shape index (κ1) is 22.5. The second kappa shape index (κ2) is 10.3. The van der Waals surface area contributed by atoms with Crippen LogP contribution in [-0.4, -0.2) is 57.8 Å². The zero-order chi connectivity index (χ0) is 23.2.